The van der Waals surface area contributed by atoms with E-state index in [4.69, 9.17) is 9.47 Å². The maximum atomic E-state index is 13.7. The van der Waals surface area contributed by atoms with Gasteiger partial charge in [-0.15, -0.1) is 0 Å². The minimum atomic E-state index is -0.862. The predicted octanol–water partition coefficient (Wildman–Crippen LogP) is 3.99. The van der Waals surface area contributed by atoms with Gasteiger partial charge in [0.25, 0.3) is 0 Å². The fourth-order valence-electron chi connectivity index (χ4n) is 3.14. The number of H-pyrrole nitrogens is 1. The van der Waals surface area contributed by atoms with Gasteiger partial charge in [-0.05, 0) is 49.7 Å². The van der Waals surface area contributed by atoms with Crippen molar-refractivity contribution in [2.24, 2.45) is 0 Å². The number of carbonyl (C=O) groups is 1. The molecule has 0 saturated carbocycles. The zero-order valence-electron chi connectivity index (χ0n) is 14.6. The molecule has 5 nitrogen and oxygen atoms in total. The summed E-state index contributed by atoms with van der Waals surface area (Å²) in [7, 11) is 0. The standard InChI is InChI=1S/C20H19FN2O3/c1-20(2,15-11-22-16-5-3-12(21)9-14(15)16)19(24)23-13-4-6-17-18(10-13)26-8-7-25-17/h3-6,9-11,22H,7-8H2,1-2H3,(H,23,24). The van der Waals surface area contributed by atoms with Crippen LogP contribution in [0.4, 0.5) is 10.1 Å². The summed E-state index contributed by atoms with van der Waals surface area (Å²) >= 11 is 0. The predicted molar refractivity (Wildman–Crippen MR) is 97.3 cm³/mol. The number of halogens is 1. The lowest BCUT2D eigenvalue weighted by Crippen LogP contribution is -2.34. The molecule has 0 unspecified atom stereocenters. The van der Waals surface area contributed by atoms with Gasteiger partial charge in [-0.3, -0.25) is 4.79 Å². The van der Waals surface area contributed by atoms with Crippen molar-refractivity contribution in [3.63, 3.8) is 0 Å². The fraction of sp³-hybridized carbons (Fsp3) is 0.250. The number of carbonyl (C=O) groups excluding carboxylic acids is 1. The van der Waals surface area contributed by atoms with Crippen molar-refractivity contribution < 1.29 is 18.7 Å². The van der Waals surface area contributed by atoms with Crippen molar-refractivity contribution in [3.05, 3.63) is 54.0 Å². The second kappa shape index (κ2) is 6.05. The number of ether oxygens (including phenoxy) is 2. The summed E-state index contributed by atoms with van der Waals surface area (Å²) in [6.07, 6.45) is 1.76. The first-order valence-corrected chi connectivity index (χ1v) is 8.43. The van der Waals surface area contributed by atoms with Crippen LogP contribution in [0.1, 0.15) is 19.4 Å². The average Bonchev–Trinajstić information content (AvgIpc) is 3.05. The molecule has 1 amide bonds. The van der Waals surface area contributed by atoms with Crippen molar-refractivity contribution in [1.29, 1.82) is 0 Å². The molecule has 0 spiro atoms. The zero-order valence-corrected chi connectivity index (χ0v) is 14.6. The Labute approximate surface area is 150 Å². The van der Waals surface area contributed by atoms with Gasteiger partial charge in [0.15, 0.2) is 11.5 Å². The number of hydrogen-bond donors (Lipinski definition) is 2. The molecule has 134 valence electrons. The van der Waals surface area contributed by atoms with E-state index in [0.29, 0.717) is 35.8 Å². The Morgan fingerprint density at radius 2 is 1.88 bits per heavy atom. The van der Waals surface area contributed by atoms with Crippen molar-refractivity contribution in [2.75, 3.05) is 18.5 Å². The highest BCUT2D eigenvalue weighted by Crippen LogP contribution is 2.35. The first-order chi connectivity index (χ1) is 12.4. The number of fused-ring (bicyclic) bond motifs is 2. The normalized spacial score (nSPS) is 13.7. The Kier molecular flexibility index (Phi) is 3.83. The van der Waals surface area contributed by atoms with E-state index in [-0.39, 0.29) is 11.7 Å². The number of rotatable bonds is 3. The summed E-state index contributed by atoms with van der Waals surface area (Å²) < 4.78 is 24.7. The van der Waals surface area contributed by atoms with Crippen LogP contribution < -0.4 is 14.8 Å². The third kappa shape index (κ3) is 2.77. The van der Waals surface area contributed by atoms with Gasteiger partial charge in [0, 0.05) is 28.9 Å². The van der Waals surface area contributed by atoms with Gasteiger partial charge in [-0.25, -0.2) is 4.39 Å². The number of aromatic nitrogens is 1. The first-order valence-electron chi connectivity index (χ1n) is 8.43. The Hall–Kier alpha value is -3.02. The second-order valence-corrected chi connectivity index (χ2v) is 6.83. The van der Waals surface area contributed by atoms with Crippen LogP contribution in [0, 0.1) is 5.82 Å². The molecular formula is C20H19FN2O3. The van der Waals surface area contributed by atoms with E-state index >= 15 is 0 Å². The topological polar surface area (TPSA) is 63.4 Å². The molecule has 0 radical (unpaired) electrons. The van der Waals surface area contributed by atoms with E-state index < -0.39 is 5.41 Å². The number of benzene rings is 2. The van der Waals surface area contributed by atoms with Crippen LogP contribution in [0.15, 0.2) is 42.6 Å². The van der Waals surface area contributed by atoms with Crippen molar-refractivity contribution in [2.45, 2.75) is 19.3 Å². The summed E-state index contributed by atoms with van der Waals surface area (Å²) in [6.45, 7) is 4.63. The van der Waals surface area contributed by atoms with Crippen molar-refractivity contribution in [1.82, 2.24) is 4.98 Å². The summed E-state index contributed by atoms with van der Waals surface area (Å²) in [6, 6.07) is 9.81. The Morgan fingerprint density at radius 1 is 1.12 bits per heavy atom. The molecule has 2 heterocycles. The molecule has 2 aromatic carbocycles. The van der Waals surface area contributed by atoms with Gasteiger partial charge in [-0.2, -0.15) is 0 Å². The quantitative estimate of drug-likeness (QED) is 0.747. The molecule has 1 aromatic heterocycles. The smallest absolute Gasteiger partial charge is 0.234 e. The maximum Gasteiger partial charge on any atom is 0.234 e. The Morgan fingerprint density at radius 3 is 2.69 bits per heavy atom. The van der Waals surface area contributed by atoms with Gasteiger partial charge in [0.2, 0.25) is 5.91 Å². The molecule has 1 aliphatic rings. The Balaban J connectivity index is 1.63. The molecule has 4 rings (SSSR count). The SMILES string of the molecule is CC(C)(C(=O)Nc1ccc2c(c1)OCCO2)c1c[nH]c2ccc(F)cc12. The van der Waals surface area contributed by atoms with Gasteiger partial charge in [0.05, 0.1) is 5.41 Å². The molecule has 6 heteroatoms. The number of nitrogens with one attached hydrogen (secondary N) is 2. The molecule has 1 aliphatic heterocycles. The average molecular weight is 354 g/mol. The molecule has 0 saturated heterocycles. The number of amides is 1. The molecule has 0 atom stereocenters. The van der Waals surface area contributed by atoms with Crippen LogP contribution in [0.3, 0.4) is 0 Å². The van der Waals surface area contributed by atoms with E-state index in [2.05, 4.69) is 10.3 Å². The highest BCUT2D eigenvalue weighted by atomic mass is 19.1. The van der Waals surface area contributed by atoms with Crippen LogP contribution >= 0.6 is 0 Å². The van der Waals surface area contributed by atoms with Crippen molar-refractivity contribution in [3.8, 4) is 11.5 Å². The minimum absolute atomic E-state index is 0.195. The van der Waals surface area contributed by atoms with Crippen LogP contribution in [-0.4, -0.2) is 24.1 Å². The van der Waals surface area contributed by atoms with E-state index in [9.17, 15) is 9.18 Å². The molecule has 26 heavy (non-hydrogen) atoms. The third-order valence-corrected chi connectivity index (χ3v) is 4.68. The molecule has 3 aromatic rings. The van der Waals surface area contributed by atoms with Gasteiger partial charge < -0.3 is 19.8 Å². The van der Waals surface area contributed by atoms with Crippen LogP contribution in [0.2, 0.25) is 0 Å². The molecular weight excluding hydrogens is 335 g/mol. The van der Waals surface area contributed by atoms with E-state index in [0.717, 1.165) is 11.1 Å². The Bertz CT molecular complexity index is 994. The number of aromatic amines is 1. The maximum absolute atomic E-state index is 13.7. The zero-order chi connectivity index (χ0) is 18.3. The van der Waals surface area contributed by atoms with Crippen molar-refractivity contribution >= 4 is 22.5 Å². The highest BCUT2D eigenvalue weighted by Gasteiger charge is 2.32. The summed E-state index contributed by atoms with van der Waals surface area (Å²) in [5, 5.41) is 3.62. The van der Waals surface area contributed by atoms with E-state index in [1.54, 1.807) is 30.5 Å². The van der Waals surface area contributed by atoms with Crippen LogP contribution in [0.5, 0.6) is 11.5 Å². The molecule has 2 N–H and O–H groups in total. The molecule has 0 bridgehead atoms. The summed E-state index contributed by atoms with van der Waals surface area (Å²) in [5.74, 6) is 0.752. The van der Waals surface area contributed by atoms with E-state index in [1.165, 1.54) is 12.1 Å². The van der Waals surface area contributed by atoms with Crippen LogP contribution in [-0.2, 0) is 10.2 Å². The lowest BCUT2D eigenvalue weighted by molar-refractivity contribution is -0.120. The fourth-order valence-corrected chi connectivity index (χ4v) is 3.14. The highest BCUT2D eigenvalue weighted by molar-refractivity contribution is 6.02. The van der Waals surface area contributed by atoms with Gasteiger partial charge in [0.1, 0.15) is 19.0 Å². The largest absolute Gasteiger partial charge is 0.486 e. The van der Waals surface area contributed by atoms with E-state index in [1.807, 2.05) is 13.8 Å². The lowest BCUT2D eigenvalue weighted by Gasteiger charge is -2.24. The third-order valence-electron chi connectivity index (χ3n) is 4.68. The monoisotopic (exact) mass is 354 g/mol. The summed E-state index contributed by atoms with van der Waals surface area (Å²) in [5.41, 5.74) is 1.29. The lowest BCUT2D eigenvalue weighted by atomic mass is 9.83. The molecule has 0 fully saturated rings. The summed E-state index contributed by atoms with van der Waals surface area (Å²) in [4.78, 5) is 16.0. The van der Waals surface area contributed by atoms with Crippen LogP contribution in [0.25, 0.3) is 10.9 Å². The second-order valence-electron chi connectivity index (χ2n) is 6.83. The minimum Gasteiger partial charge on any atom is -0.486 e. The first kappa shape index (κ1) is 16.4. The number of hydrogen-bond acceptors (Lipinski definition) is 3. The van der Waals surface area contributed by atoms with Gasteiger partial charge in [-0.1, -0.05) is 0 Å². The van der Waals surface area contributed by atoms with Gasteiger partial charge >= 0.3 is 0 Å². The molecule has 0 aliphatic carbocycles. The number of anilines is 1.